The molecule has 17 nitrogen and oxygen atoms in total. The van der Waals surface area contributed by atoms with Gasteiger partial charge in [0.15, 0.2) is 34.6 Å². The van der Waals surface area contributed by atoms with Crippen molar-refractivity contribution in [3.63, 3.8) is 0 Å². The quantitative estimate of drug-likeness (QED) is 0.0209. The standard InChI is InChI=1S/C61H81N5O12/c1-38-19-24-61(77-35-38)39(2)58-55(78-61)33-48-45-14-13-42-31-44(20-22-59(42,3)47(45)21-23-60(48,58)4)76-28-8-7-25-62-56(71)36-75-37-57(72)63-26-27-66-34-43(64-65-66)32-46(49(67)15-9-40-11-17-51(69)53(29-40)73-5)50(68)16-10-41-12-18-52(70)54(30-41)74-6/h9-13,15-18,29-30,34,38-39,44-45,47-48,55,58,67,69-70H,7-8,14,19-28,31-33,35-37H2,1-6H3,(H,62,71)(H,63,72)/b15-9+,16-10+,49-46?/t38-,39+,44+,45-,47+,48+,55+,58+,59+,60+,61-/m1/s1. The van der Waals surface area contributed by atoms with Crippen molar-refractivity contribution < 1.29 is 58.1 Å². The molecule has 3 saturated carbocycles. The zero-order valence-corrected chi connectivity index (χ0v) is 46.3. The third kappa shape index (κ3) is 12.4. The summed E-state index contributed by atoms with van der Waals surface area (Å²) in [5.41, 5.74) is 3.76. The summed E-state index contributed by atoms with van der Waals surface area (Å²) in [6.07, 6.45) is 22.6. The number of ketones is 1. The van der Waals surface area contributed by atoms with Crippen molar-refractivity contribution >= 4 is 29.7 Å². The Bertz CT molecular complexity index is 2760. The van der Waals surface area contributed by atoms with E-state index in [1.165, 1.54) is 87.8 Å². The molecule has 0 radical (unpaired) electrons. The highest BCUT2D eigenvalue weighted by Crippen LogP contribution is 2.70. The number of aromatic nitrogens is 3. The average molecular weight is 1080 g/mol. The highest BCUT2D eigenvalue weighted by molar-refractivity contribution is 6.07. The van der Waals surface area contributed by atoms with Crippen LogP contribution in [-0.2, 0) is 46.3 Å². The van der Waals surface area contributed by atoms with Gasteiger partial charge in [0.05, 0.1) is 45.3 Å². The number of aliphatic hydroxyl groups is 1. The smallest absolute Gasteiger partial charge is 0.246 e. The van der Waals surface area contributed by atoms with Gasteiger partial charge in [-0.15, -0.1) is 5.10 Å². The monoisotopic (exact) mass is 1080 g/mol. The van der Waals surface area contributed by atoms with Crippen LogP contribution in [0.4, 0.5) is 0 Å². The van der Waals surface area contributed by atoms with E-state index in [0.717, 1.165) is 50.5 Å². The molecule has 5 N–H and O–H groups in total. The van der Waals surface area contributed by atoms with Crippen molar-refractivity contribution in [2.24, 2.45) is 46.3 Å². The van der Waals surface area contributed by atoms with Gasteiger partial charge >= 0.3 is 0 Å². The van der Waals surface area contributed by atoms with Crippen LogP contribution in [0.25, 0.3) is 12.2 Å². The molecule has 78 heavy (non-hydrogen) atoms. The Hall–Kier alpha value is -6.01. The lowest BCUT2D eigenvalue weighted by molar-refractivity contribution is -0.272. The number of phenolic OH excluding ortho intramolecular Hbond substituents is 2. The molecule has 2 aliphatic heterocycles. The number of allylic oxidation sites excluding steroid dienone is 4. The summed E-state index contributed by atoms with van der Waals surface area (Å²) in [4.78, 5) is 38.7. The lowest BCUT2D eigenvalue weighted by Crippen LogP contribution is -2.52. The van der Waals surface area contributed by atoms with Gasteiger partial charge in [-0.25, -0.2) is 0 Å². The van der Waals surface area contributed by atoms with Crippen molar-refractivity contribution in [3.8, 4) is 23.0 Å². The van der Waals surface area contributed by atoms with E-state index in [4.69, 9.17) is 28.4 Å². The lowest BCUT2D eigenvalue weighted by Gasteiger charge is -2.58. The number of ether oxygens (including phenoxy) is 6. The Balaban J connectivity index is 0.658. The van der Waals surface area contributed by atoms with E-state index in [9.17, 15) is 29.7 Å². The van der Waals surface area contributed by atoms with Gasteiger partial charge in [-0.3, -0.25) is 19.1 Å². The molecule has 3 heterocycles. The van der Waals surface area contributed by atoms with E-state index in [1.54, 1.807) is 42.1 Å². The van der Waals surface area contributed by atoms with E-state index >= 15 is 0 Å². The maximum Gasteiger partial charge on any atom is 0.246 e. The van der Waals surface area contributed by atoms with Crippen LogP contribution in [0, 0.1) is 46.3 Å². The first-order chi connectivity index (χ1) is 37.5. The number of rotatable bonds is 22. The SMILES string of the molecule is COc1cc(/C=C/C(=O)C(Cc2cn(CCNC(=O)COCC(=O)NCCCCO[C@H]3CC[C@@]4(C)C(=CC[C@H]5[C@@H]6C[C@@H]7O[C@]8(CC[C@@H](C)CO8)[C@@H](C)[C@@H]7[C@@]6(C)CC[C@@H]54)C3)nn2)=C(O)/C=C/c2ccc(O)c(OC)c2)ccc1O. The van der Waals surface area contributed by atoms with Gasteiger partial charge < -0.3 is 54.4 Å². The van der Waals surface area contributed by atoms with Crippen molar-refractivity contribution in [2.75, 3.05) is 53.7 Å². The fourth-order valence-electron chi connectivity index (χ4n) is 14.3. The fraction of sp³-hybridized carbons (Fsp3) is 0.590. The Labute approximate surface area is 458 Å². The van der Waals surface area contributed by atoms with Gasteiger partial charge in [0.2, 0.25) is 11.8 Å². The Morgan fingerprint density at radius 2 is 1.58 bits per heavy atom. The highest BCUT2D eigenvalue weighted by atomic mass is 16.7. The number of aromatic hydroxyl groups is 2. The number of methoxy groups -OCH3 is 2. The van der Waals surface area contributed by atoms with Gasteiger partial charge in [-0.1, -0.05) is 68.8 Å². The Kier molecular flexibility index (Phi) is 17.9. The molecule has 11 atom stereocenters. The van der Waals surface area contributed by atoms with Crippen molar-refractivity contribution in [1.82, 2.24) is 25.6 Å². The number of nitrogens with zero attached hydrogens (tertiary/aromatic N) is 3. The van der Waals surface area contributed by atoms with Crippen LogP contribution in [-0.4, -0.2) is 120 Å². The average Bonchev–Trinajstić information content (AvgIpc) is 3.98. The van der Waals surface area contributed by atoms with Crippen LogP contribution in [0.2, 0.25) is 0 Å². The number of benzene rings is 2. The highest BCUT2D eigenvalue weighted by Gasteiger charge is 2.68. The van der Waals surface area contributed by atoms with Crippen molar-refractivity contribution in [3.05, 3.63) is 94.5 Å². The number of unbranched alkanes of at least 4 members (excludes halogenated alkanes) is 1. The first kappa shape index (κ1) is 56.7. The zero-order chi connectivity index (χ0) is 55.2. The van der Waals surface area contributed by atoms with E-state index in [-0.39, 0.29) is 90.3 Å². The first-order valence-electron chi connectivity index (χ1n) is 28.2. The molecular formula is C61H81N5O12. The molecule has 9 rings (SSSR count). The summed E-state index contributed by atoms with van der Waals surface area (Å²) >= 11 is 0. The molecule has 0 unspecified atom stereocenters. The summed E-state index contributed by atoms with van der Waals surface area (Å²) in [6.45, 7) is 11.8. The summed E-state index contributed by atoms with van der Waals surface area (Å²) in [5, 5.41) is 45.1. The van der Waals surface area contributed by atoms with E-state index in [2.05, 4.69) is 54.7 Å². The number of carbonyl (C=O) groups is 3. The number of aliphatic hydroxyl groups excluding tert-OH is 1. The van der Waals surface area contributed by atoms with E-state index in [0.29, 0.717) is 65.2 Å². The minimum absolute atomic E-state index is 0.0219. The molecular weight excluding hydrogens is 995 g/mol. The molecule has 1 spiro atoms. The van der Waals surface area contributed by atoms with Gasteiger partial charge in [0, 0.05) is 50.2 Å². The molecule has 3 aromatic rings. The minimum Gasteiger partial charge on any atom is -0.508 e. The maximum atomic E-state index is 13.6. The first-order valence-corrected chi connectivity index (χ1v) is 28.2. The maximum absolute atomic E-state index is 13.6. The molecule has 422 valence electrons. The minimum atomic E-state index is -0.508. The van der Waals surface area contributed by atoms with Crippen molar-refractivity contribution in [1.29, 1.82) is 0 Å². The van der Waals surface area contributed by atoms with Crippen LogP contribution < -0.4 is 20.1 Å². The predicted octanol–water partition coefficient (Wildman–Crippen LogP) is 8.84. The van der Waals surface area contributed by atoms with Gasteiger partial charge in [-0.2, -0.15) is 0 Å². The molecule has 6 aliphatic rings. The number of carbonyl (C=O) groups excluding carboxylic acids is 3. The van der Waals surface area contributed by atoms with Crippen LogP contribution in [0.5, 0.6) is 23.0 Å². The van der Waals surface area contributed by atoms with E-state index < -0.39 is 11.7 Å². The molecule has 2 saturated heterocycles. The topological polar surface area (TPSA) is 222 Å². The number of hydrogen-bond donors (Lipinski definition) is 5. The predicted molar refractivity (Wildman–Crippen MR) is 293 cm³/mol. The summed E-state index contributed by atoms with van der Waals surface area (Å²) in [7, 11) is 2.85. The molecule has 4 aliphatic carbocycles. The number of fused-ring (bicyclic) bond motifs is 7. The van der Waals surface area contributed by atoms with Crippen molar-refractivity contribution in [2.45, 2.75) is 129 Å². The van der Waals surface area contributed by atoms with Gasteiger partial charge in [0.1, 0.15) is 19.0 Å². The van der Waals surface area contributed by atoms with Crippen LogP contribution in [0.3, 0.4) is 0 Å². The van der Waals surface area contributed by atoms with Crippen LogP contribution in [0.1, 0.15) is 115 Å². The van der Waals surface area contributed by atoms with Crippen LogP contribution in [0.15, 0.2) is 77.7 Å². The number of hydrogen-bond acceptors (Lipinski definition) is 14. The van der Waals surface area contributed by atoms with Gasteiger partial charge in [0.25, 0.3) is 0 Å². The largest absolute Gasteiger partial charge is 0.508 e. The fourth-order valence-corrected chi connectivity index (χ4v) is 14.3. The molecule has 17 heteroatoms. The molecule has 2 aromatic carbocycles. The molecule has 2 amide bonds. The summed E-state index contributed by atoms with van der Waals surface area (Å²) in [6, 6.07) is 9.29. The second-order valence-corrected chi connectivity index (χ2v) is 23.3. The Morgan fingerprint density at radius 1 is 0.872 bits per heavy atom. The summed E-state index contributed by atoms with van der Waals surface area (Å²) in [5.74, 6) is 2.31. The van der Waals surface area contributed by atoms with Crippen LogP contribution >= 0.6 is 0 Å². The van der Waals surface area contributed by atoms with E-state index in [1.807, 2.05) is 0 Å². The lowest BCUT2D eigenvalue weighted by atomic mass is 9.47. The second kappa shape index (κ2) is 24.6. The normalized spacial score (nSPS) is 30.5. The molecule has 1 aromatic heterocycles. The summed E-state index contributed by atoms with van der Waals surface area (Å²) < 4.78 is 37.3. The Morgan fingerprint density at radius 3 is 2.27 bits per heavy atom. The number of amides is 2. The van der Waals surface area contributed by atoms with Gasteiger partial charge in [-0.05, 0) is 152 Å². The molecule has 5 fully saturated rings. The third-order valence-electron chi connectivity index (χ3n) is 18.5. The third-order valence-corrected chi connectivity index (χ3v) is 18.5. The number of phenols is 2. The number of nitrogens with one attached hydrogen (secondary N) is 2. The second-order valence-electron chi connectivity index (χ2n) is 23.3. The zero-order valence-electron chi connectivity index (χ0n) is 46.3. The molecule has 0 bridgehead atoms.